The molecule has 0 aliphatic heterocycles. The number of sulfonamides is 1. The predicted molar refractivity (Wildman–Crippen MR) is 102 cm³/mol. The van der Waals surface area contributed by atoms with Gasteiger partial charge >= 0.3 is 0 Å². The number of carbonyl (C=O) groups excluding carboxylic acids is 1. The Labute approximate surface area is 152 Å². The highest BCUT2D eigenvalue weighted by Gasteiger charge is 2.15. The van der Waals surface area contributed by atoms with Crippen LogP contribution in [0.3, 0.4) is 0 Å². The number of carbonyl (C=O) groups is 1. The molecule has 0 saturated heterocycles. The van der Waals surface area contributed by atoms with Crippen molar-refractivity contribution in [2.75, 3.05) is 0 Å². The van der Waals surface area contributed by atoms with E-state index in [4.69, 9.17) is 0 Å². The predicted octanol–water partition coefficient (Wildman–Crippen LogP) is 3.27. The van der Waals surface area contributed by atoms with E-state index in [0.717, 1.165) is 5.56 Å². The maximum atomic E-state index is 12.7. The highest BCUT2D eigenvalue weighted by Crippen LogP contribution is 2.16. The normalized spacial score (nSPS) is 14.6. The van der Waals surface area contributed by atoms with Gasteiger partial charge in [0.1, 0.15) is 0 Å². The fourth-order valence-electron chi connectivity index (χ4n) is 2.24. The van der Waals surface area contributed by atoms with E-state index in [1.54, 1.807) is 36.4 Å². The lowest BCUT2D eigenvalue weighted by atomic mass is 10.1. The molecule has 1 aliphatic carbocycles. The van der Waals surface area contributed by atoms with Gasteiger partial charge < -0.3 is 0 Å². The molecule has 0 spiro atoms. The molecule has 2 aromatic rings. The summed E-state index contributed by atoms with van der Waals surface area (Å²) in [7, 11) is -3.92. The number of hydrogen-bond acceptors (Lipinski definition) is 3. The van der Waals surface area contributed by atoms with Crippen molar-refractivity contribution in [3.8, 4) is 0 Å². The van der Waals surface area contributed by atoms with Gasteiger partial charge in [-0.3, -0.25) is 4.79 Å². The third-order valence-corrected chi connectivity index (χ3v) is 4.91. The molecule has 6 heteroatoms. The lowest BCUT2D eigenvalue weighted by Crippen LogP contribution is -2.08. The van der Waals surface area contributed by atoms with Crippen molar-refractivity contribution in [2.45, 2.75) is 11.8 Å². The smallest absolute Gasteiger partial charge is 0.284 e. The third-order valence-electron chi connectivity index (χ3n) is 3.63. The number of ketones is 1. The first-order valence-electron chi connectivity index (χ1n) is 7.90. The van der Waals surface area contributed by atoms with E-state index in [1.165, 1.54) is 36.4 Å². The lowest BCUT2D eigenvalue weighted by molar-refractivity contribution is -0.110. The van der Waals surface area contributed by atoms with Gasteiger partial charge in [0.2, 0.25) is 0 Å². The van der Waals surface area contributed by atoms with E-state index in [2.05, 4.69) is 9.39 Å². The molecule has 0 atom stereocenters. The molecular weight excluding hydrogens is 348 g/mol. The number of benzene rings is 2. The van der Waals surface area contributed by atoms with E-state index < -0.39 is 10.0 Å². The zero-order valence-electron chi connectivity index (χ0n) is 14.0. The number of aliphatic imine (C=N–C) groups is 1. The quantitative estimate of drug-likeness (QED) is 0.476. The first-order valence-corrected chi connectivity index (χ1v) is 9.34. The summed E-state index contributed by atoms with van der Waals surface area (Å²) in [5.41, 5.74) is 1.97. The summed E-state index contributed by atoms with van der Waals surface area (Å²) in [6.07, 6.45) is 5.80. The van der Waals surface area contributed by atoms with Crippen molar-refractivity contribution in [2.24, 2.45) is 9.39 Å². The first-order chi connectivity index (χ1) is 12.4. The second-order valence-electron chi connectivity index (χ2n) is 5.67. The van der Waals surface area contributed by atoms with Crippen LogP contribution in [0.15, 0.2) is 93.2 Å². The van der Waals surface area contributed by atoms with Gasteiger partial charge in [-0.2, -0.15) is 8.42 Å². The van der Waals surface area contributed by atoms with Gasteiger partial charge in [-0.05, 0) is 43.4 Å². The Bertz CT molecular complexity index is 1030. The minimum Gasteiger partial charge on any atom is -0.290 e. The van der Waals surface area contributed by atoms with Crippen LogP contribution in [0.5, 0.6) is 0 Å². The molecule has 0 saturated carbocycles. The van der Waals surface area contributed by atoms with E-state index >= 15 is 0 Å². The summed E-state index contributed by atoms with van der Waals surface area (Å²) in [5, 5.41) is 0. The molecule has 130 valence electrons. The summed E-state index contributed by atoms with van der Waals surface area (Å²) < 4.78 is 29.3. The SMILES string of the molecule is Cc1ccc(S(=O)(=O)/N=C(\N=C2C=CC(=O)C=C2)c2ccccc2)cc1. The largest absolute Gasteiger partial charge is 0.290 e. The maximum Gasteiger partial charge on any atom is 0.284 e. The molecule has 0 N–H and O–H groups in total. The Kier molecular flexibility index (Phi) is 5.04. The minimum atomic E-state index is -3.92. The molecule has 1 aliphatic rings. The van der Waals surface area contributed by atoms with Crippen molar-refractivity contribution in [1.29, 1.82) is 0 Å². The van der Waals surface area contributed by atoms with Crippen LogP contribution in [0.1, 0.15) is 11.1 Å². The van der Waals surface area contributed by atoms with Crippen molar-refractivity contribution < 1.29 is 13.2 Å². The lowest BCUT2D eigenvalue weighted by Gasteiger charge is -2.05. The van der Waals surface area contributed by atoms with Crippen LogP contribution < -0.4 is 0 Å². The van der Waals surface area contributed by atoms with Gasteiger partial charge in [0.15, 0.2) is 11.6 Å². The van der Waals surface area contributed by atoms with Gasteiger partial charge in [-0.1, -0.05) is 48.0 Å². The van der Waals surface area contributed by atoms with Crippen LogP contribution >= 0.6 is 0 Å². The Morgan fingerprint density at radius 2 is 1.46 bits per heavy atom. The van der Waals surface area contributed by atoms with Gasteiger partial charge in [0.25, 0.3) is 10.0 Å². The fraction of sp³-hybridized carbons (Fsp3) is 0.0500. The number of amidine groups is 1. The maximum absolute atomic E-state index is 12.7. The number of nitrogens with zero attached hydrogens (tertiary/aromatic N) is 2. The monoisotopic (exact) mass is 364 g/mol. The van der Waals surface area contributed by atoms with Gasteiger partial charge in [-0.25, -0.2) is 4.99 Å². The van der Waals surface area contributed by atoms with E-state index in [-0.39, 0.29) is 16.5 Å². The van der Waals surface area contributed by atoms with Gasteiger partial charge in [0, 0.05) is 5.56 Å². The van der Waals surface area contributed by atoms with Crippen LogP contribution in [0, 0.1) is 6.92 Å². The van der Waals surface area contributed by atoms with E-state index in [9.17, 15) is 13.2 Å². The molecule has 0 radical (unpaired) electrons. The summed E-state index contributed by atoms with van der Waals surface area (Å²) in [6, 6.07) is 15.3. The molecule has 0 aromatic heterocycles. The number of hydrogen-bond donors (Lipinski definition) is 0. The zero-order chi connectivity index (χ0) is 18.6. The van der Waals surface area contributed by atoms with Crippen LogP contribution in [0.2, 0.25) is 0 Å². The van der Waals surface area contributed by atoms with Crippen molar-refractivity contribution >= 4 is 27.4 Å². The van der Waals surface area contributed by atoms with Gasteiger partial charge in [-0.15, -0.1) is 4.40 Å². The van der Waals surface area contributed by atoms with Crippen LogP contribution in [0.25, 0.3) is 0 Å². The van der Waals surface area contributed by atoms with Crippen LogP contribution in [-0.4, -0.2) is 25.7 Å². The first kappa shape index (κ1) is 17.7. The Morgan fingerprint density at radius 1 is 0.846 bits per heavy atom. The molecule has 5 nitrogen and oxygen atoms in total. The van der Waals surface area contributed by atoms with Crippen molar-refractivity contribution in [1.82, 2.24) is 0 Å². The summed E-state index contributed by atoms with van der Waals surface area (Å²) in [6.45, 7) is 1.88. The van der Waals surface area contributed by atoms with E-state index in [0.29, 0.717) is 11.3 Å². The third kappa shape index (κ3) is 4.29. The summed E-state index contributed by atoms with van der Waals surface area (Å²) >= 11 is 0. The van der Waals surface area contributed by atoms with E-state index in [1.807, 2.05) is 13.0 Å². The molecule has 0 fully saturated rings. The average Bonchev–Trinajstić information content (AvgIpc) is 2.64. The zero-order valence-corrected chi connectivity index (χ0v) is 14.8. The number of aryl methyl sites for hydroxylation is 1. The number of rotatable bonds is 3. The highest BCUT2D eigenvalue weighted by molar-refractivity contribution is 7.90. The molecule has 0 unspecified atom stereocenters. The van der Waals surface area contributed by atoms with Crippen molar-refractivity contribution in [3.63, 3.8) is 0 Å². The fourth-order valence-corrected chi connectivity index (χ4v) is 3.20. The summed E-state index contributed by atoms with van der Waals surface area (Å²) in [5.74, 6) is -0.0840. The molecule has 0 bridgehead atoms. The van der Waals surface area contributed by atoms with Crippen LogP contribution in [0.4, 0.5) is 0 Å². The van der Waals surface area contributed by atoms with Gasteiger partial charge in [0.05, 0.1) is 10.6 Å². The molecule has 2 aromatic carbocycles. The Balaban J connectivity index is 2.09. The average molecular weight is 364 g/mol. The van der Waals surface area contributed by atoms with Crippen LogP contribution in [-0.2, 0) is 14.8 Å². The minimum absolute atomic E-state index is 0.0600. The molecular formula is C20H16N2O3S. The second kappa shape index (κ2) is 7.41. The Morgan fingerprint density at radius 3 is 2.08 bits per heavy atom. The Hall–Kier alpha value is -3.12. The topological polar surface area (TPSA) is 75.9 Å². The highest BCUT2D eigenvalue weighted by atomic mass is 32.2. The standard InChI is InChI=1S/C20H16N2O3S/c1-15-7-13-19(14-8-15)26(24,25)22-20(16-5-3-2-4-6-16)21-17-9-11-18(23)12-10-17/h2-14H,1H3/b22-20-. The molecule has 26 heavy (non-hydrogen) atoms. The summed E-state index contributed by atoms with van der Waals surface area (Å²) in [4.78, 5) is 15.7. The number of allylic oxidation sites excluding steroid dienone is 4. The second-order valence-corrected chi connectivity index (χ2v) is 7.28. The molecule has 0 amide bonds. The van der Waals surface area contributed by atoms with Crippen molar-refractivity contribution in [3.05, 3.63) is 90.0 Å². The molecule has 0 heterocycles. The molecule has 3 rings (SSSR count).